The first kappa shape index (κ1) is 16.8. The van der Waals surface area contributed by atoms with Gasteiger partial charge in [0.25, 0.3) is 5.91 Å². The summed E-state index contributed by atoms with van der Waals surface area (Å²) >= 11 is 1.64. The van der Waals surface area contributed by atoms with Gasteiger partial charge < -0.3 is 9.32 Å². The molecule has 5 heteroatoms. The number of fused-ring (bicyclic) bond motifs is 1. The first-order valence-corrected chi connectivity index (χ1v) is 9.40. The molecule has 1 amide bonds. The fraction of sp³-hybridized carbons (Fsp3) is 0.474. The van der Waals surface area contributed by atoms with Crippen LogP contribution in [-0.4, -0.2) is 17.4 Å². The summed E-state index contributed by atoms with van der Waals surface area (Å²) < 4.78 is 5.37. The van der Waals surface area contributed by atoms with Crippen LogP contribution in [0.3, 0.4) is 0 Å². The van der Waals surface area contributed by atoms with Gasteiger partial charge in [-0.1, -0.05) is 12.8 Å². The molecule has 0 N–H and O–H groups in total. The lowest BCUT2D eigenvalue weighted by Crippen LogP contribution is -2.30. The van der Waals surface area contributed by atoms with E-state index in [-0.39, 0.29) is 5.91 Å². The van der Waals surface area contributed by atoms with Crippen LogP contribution in [0, 0.1) is 11.3 Å². The fourth-order valence-electron chi connectivity index (χ4n) is 3.13. The first-order chi connectivity index (χ1) is 11.8. The lowest BCUT2D eigenvalue weighted by molar-refractivity contribution is 0.0740. The lowest BCUT2D eigenvalue weighted by Gasteiger charge is -2.19. The largest absolute Gasteiger partial charge is 0.467 e. The zero-order valence-electron chi connectivity index (χ0n) is 13.8. The average Bonchev–Trinajstić information content (AvgIpc) is 3.20. The van der Waals surface area contributed by atoms with Crippen LogP contribution in [0.15, 0.2) is 28.9 Å². The van der Waals surface area contributed by atoms with Crippen LogP contribution >= 0.6 is 11.3 Å². The minimum Gasteiger partial charge on any atom is -0.467 e. The lowest BCUT2D eigenvalue weighted by atomic mass is 10.00. The molecular formula is C19H22N2O2S. The summed E-state index contributed by atoms with van der Waals surface area (Å²) in [5, 5.41) is 8.88. The molecule has 2 aromatic heterocycles. The molecule has 0 aliphatic heterocycles. The van der Waals surface area contributed by atoms with Crippen molar-refractivity contribution in [2.24, 2.45) is 0 Å². The number of hydrogen-bond acceptors (Lipinski definition) is 4. The molecule has 0 atom stereocenters. The number of thiophene rings is 1. The Hall–Kier alpha value is -2.06. The Kier molecular flexibility index (Phi) is 5.71. The summed E-state index contributed by atoms with van der Waals surface area (Å²) in [6, 6.07) is 7.89. The minimum atomic E-state index is 0.0124. The van der Waals surface area contributed by atoms with Gasteiger partial charge in [0.15, 0.2) is 0 Å². The monoisotopic (exact) mass is 342 g/mol. The molecule has 2 aromatic rings. The summed E-state index contributed by atoms with van der Waals surface area (Å²) in [5.74, 6) is 0.759. The quantitative estimate of drug-likeness (QED) is 0.800. The molecule has 0 unspecified atom stereocenters. The molecule has 4 nitrogen and oxygen atoms in total. The van der Waals surface area contributed by atoms with Gasteiger partial charge in [0, 0.05) is 11.4 Å². The number of nitriles is 1. The maximum atomic E-state index is 13.0. The van der Waals surface area contributed by atoms with E-state index in [9.17, 15) is 4.79 Å². The van der Waals surface area contributed by atoms with Gasteiger partial charge in [-0.05, 0) is 49.4 Å². The van der Waals surface area contributed by atoms with E-state index < -0.39 is 0 Å². The Morgan fingerprint density at radius 3 is 2.88 bits per heavy atom. The normalized spacial score (nSPS) is 14.3. The number of rotatable bonds is 5. The van der Waals surface area contributed by atoms with E-state index >= 15 is 0 Å². The van der Waals surface area contributed by atoms with Gasteiger partial charge in [0.1, 0.15) is 5.76 Å². The second-order valence-corrected chi connectivity index (χ2v) is 7.32. The highest BCUT2D eigenvalue weighted by molar-refractivity contribution is 7.14. The second kappa shape index (κ2) is 8.16. The first-order valence-electron chi connectivity index (χ1n) is 8.58. The topological polar surface area (TPSA) is 57.2 Å². The van der Waals surface area contributed by atoms with E-state index in [2.05, 4.69) is 12.1 Å². The van der Waals surface area contributed by atoms with Crippen LogP contribution in [0.1, 0.15) is 58.0 Å². The van der Waals surface area contributed by atoms with Crippen LogP contribution in [0.4, 0.5) is 0 Å². The molecule has 0 bridgehead atoms. The second-order valence-electron chi connectivity index (χ2n) is 6.19. The molecule has 0 spiro atoms. The van der Waals surface area contributed by atoms with Gasteiger partial charge in [-0.15, -0.1) is 11.3 Å². The summed E-state index contributed by atoms with van der Waals surface area (Å²) in [6.45, 7) is 0.842. The number of carbonyl (C=O) groups excluding carboxylic acids is 1. The third-order valence-electron chi connectivity index (χ3n) is 4.41. The van der Waals surface area contributed by atoms with Crippen LogP contribution in [0.25, 0.3) is 0 Å². The average molecular weight is 342 g/mol. The predicted molar refractivity (Wildman–Crippen MR) is 93.9 cm³/mol. The Morgan fingerprint density at radius 1 is 1.29 bits per heavy atom. The van der Waals surface area contributed by atoms with Crippen LogP contribution < -0.4 is 0 Å². The van der Waals surface area contributed by atoms with Gasteiger partial charge in [-0.3, -0.25) is 4.79 Å². The molecule has 0 saturated carbocycles. The number of carbonyl (C=O) groups is 1. The summed E-state index contributed by atoms with van der Waals surface area (Å²) in [7, 11) is 0. The third-order valence-corrected chi connectivity index (χ3v) is 5.64. The zero-order valence-corrected chi connectivity index (χ0v) is 14.6. The maximum absolute atomic E-state index is 13.0. The molecular weight excluding hydrogens is 320 g/mol. The van der Waals surface area contributed by atoms with Gasteiger partial charge in [-0.25, -0.2) is 0 Å². The Balaban J connectivity index is 1.78. The number of aryl methyl sites for hydroxylation is 2. The fourth-order valence-corrected chi connectivity index (χ4v) is 4.36. The van der Waals surface area contributed by atoms with Gasteiger partial charge in [0.2, 0.25) is 0 Å². The molecule has 0 saturated heterocycles. The van der Waals surface area contributed by atoms with Crippen molar-refractivity contribution in [3.63, 3.8) is 0 Å². The van der Waals surface area contributed by atoms with Crippen LogP contribution in [0.5, 0.6) is 0 Å². The van der Waals surface area contributed by atoms with Crippen molar-refractivity contribution in [1.29, 1.82) is 5.26 Å². The standard InChI is InChI=1S/C19H22N2O2S/c20-10-6-11-21(14-16-8-5-12-23-16)19(22)18-13-15-7-3-1-2-4-9-17(15)24-18/h5,8,12-13H,1-4,6-7,9,11,14H2. The smallest absolute Gasteiger partial charge is 0.264 e. The molecule has 3 rings (SSSR count). The number of furan rings is 1. The van der Waals surface area contributed by atoms with E-state index in [0.717, 1.165) is 23.5 Å². The summed E-state index contributed by atoms with van der Waals surface area (Å²) in [6.07, 6.45) is 9.10. The summed E-state index contributed by atoms with van der Waals surface area (Å²) in [5.41, 5.74) is 1.35. The highest BCUT2D eigenvalue weighted by Crippen LogP contribution is 2.29. The minimum absolute atomic E-state index is 0.0124. The molecule has 126 valence electrons. The molecule has 24 heavy (non-hydrogen) atoms. The molecule has 0 radical (unpaired) electrons. The van der Waals surface area contributed by atoms with Gasteiger partial charge >= 0.3 is 0 Å². The van der Waals surface area contributed by atoms with Gasteiger partial charge in [0.05, 0.1) is 30.2 Å². The van der Waals surface area contributed by atoms with E-state index in [1.165, 1.54) is 36.1 Å². The van der Waals surface area contributed by atoms with Crippen molar-refractivity contribution in [3.05, 3.63) is 45.5 Å². The Bertz CT molecular complexity index is 687. The third kappa shape index (κ3) is 4.07. The van der Waals surface area contributed by atoms with Crippen molar-refractivity contribution in [1.82, 2.24) is 4.90 Å². The highest BCUT2D eigenvalue weighted by Gasteiger charge is 2.21. The van der Waals surface area contributed by atoms with Crippen LogP contribution in [-0.2, 0) is 19.4 Å². The molecule has 0 aromatic carbocycles. The van der Waals surface area contributed by atoms with Crippen molar-refractivity contribution in [2.45, 2.75) is 51.5 Å². The van der Waals surface area contributed by atoms with Crippen LogP contribution in [0.2, 0.25) is 0 Å². The Morgan fingerprint density at radius 2 is 2.12 bits per heavy atom. The highest BCUT2D eigenvalue weighted by atomic mass is 32.1. The van der Waals surface area contributed by atoms with Gasteiger partial charge in [-0.2, -0.15) is 5.26 Å². The maximum Gasteiger partial charge on any atom is 0.264 e. The van der Waals surface area contributed by atoms with E-state index in [4.69, 9.17) is 9.68 Å². The molecule has 0 fully saturated rings. The number of nitrogens with zero attached hydrogens (tertiary/aromatic N) is 2. The van der Waals surface area contributed by atoms with E-state index in [1.54, 1.807) is 22.5 Å². The Labute approximate surface area is 146 Å². The molecule has 1 aliphatic carbocycles. The van der Waals surface area contributed by atoms with Crippen molar-refractivity contribution in [2.75, 3.05) is 6.54 Å². The number of hydrogen-bond donors (Lipinski definition) is 0. The van der Waals surface area contributed by atoms with E-state index in [0.29, 0.717) is 19.5 Å². The van der Waals surface area contributed by atoms with Crippen molar-refractivity contribution < 1.29 is 9.21 Å². The summed E-state index contributed by atoms with van der Waals surface area (Å²) in [4.78, 5) is 16.8. The molecule has 1 aliphatic rings. The zero-order chi connectivity index (χ0) is 16.8. The predicted octanol–water partition coefficient (Wildman–Crippen LogP) is 4.56. The van der Waals surface area contributed by atoms with Crippen molar-refractivity contribution in [3.8, 4) is 6.07 Å². The molecule has 2 heterocycles. The SMILES string of the molecule is N#CCCN(Cc1ccco1)C(=O)c1cc2c(s1)CCCCCC2. The van der Waals surface area contributed by atoms with E-state index in [1.807, 2.05) is 12.1 Å². The van der Waals surface area contributed by atoms with Crippen molar-refractivity contribution >= 4 is 17.2 Å². The number of amides is 1.